The Morgan fingerprint density at radius 1 is 1.65 bits per heavy atom. The minimum absolute atomic E-state index is 0.203. The number of aryl methyl sites for hydroxylation is 1. The molecule has 0 aliphatic heterocycles. The molecule has 0 saturated carbocycles. The average molecular weight is 232 g/mol. The number of aromatic nitrogens is 2. The van der Waals surface area contributed by atoms with Crippen LogP contribution in [0.15, 0.2) is 12.1 Å². The SMILES string of the molecule is Cc1cc(OC(=O)O)cc2[nH]c(NC#N)nc12. The van der Waals surface area contributed by atoms with Gasteiger partial charge in [0.05, 0.1) is 11.0 Å². The fourth-order valence-corrected chi connectivity index (χ4v) is 1.53. The summed E-state index contributed by atoms with van der Waals surface area (Å²) in [5, 5.41) is 19.3. The van der Waals surface area contributed by atoms with Gasteiger partial charge in [-0.3, -0.25) is 5.32 Å². The van der Waals surface area contributed by atoms with E-state index < -0.39 is 6.16 Å². The predicted octanol–water partition coefficient (Wildman–Crippen LogP) is 1.82. The highest BCUT2D eigenvalue weighted by Crippen LogP contribution is 2.24. The van der Waals surface area contributed by atoms with Crippen molar-refractivity contribution in [3.63, 3.8) is 0 Å². The fourth-order valence-electron chi connectivity index (χ4n) is 1.53. The highest BCUT2D eigenvalue weighted by Gasteiger charge is 2.09. The van der Waals surface area contributed by atoms with Gasteiger partial charge in [-0.1, -0.05) is 0 Å². The number of fused-ring (bicyclic) bond motifs is 1. The van der Waals surface area contributed by atoms with Crippen molar-refractivity contribution in [1.29, 1.82) is 5.26 Å². The second kappa shape index (κ2) is 4.02. The van der Waals surface area contributed by atoms with Gasteiger partial charge in [0.2, 0.25) is 5.95 Å². The van der Waals surface area contributed by atoms with Crippen LogP contribution in [-0.2, 0) is 0 Å². The lowest BCUT2D eigenvalue weighted by atomic mass is 10.2. The number of aromatic amines is 1. The lowest BCUT2D eigenvalue weighted by Crippen LogP contribution is -2.03. The molecule has 1 aromatic heterocycles. The van der Waals surface area contributed by atoms with Crippen LogP contribution in [-0.4, -0.2) is 21.2 Å². The molecule has 0 saturated heterocycles. The van der Waals surface area contributed by atoms with Gasteiger partial charge < -0.3 is 14.8 Å². The van der Waals surface area contributed by atoms with Crippen molar-refractivity contribution < 1.29 is 14.6 Å². The maximum absolute atomic E-state index is 10.4. The Morgan fingerprint density at radius 2 is 2.41 bits per heavy atom. The number of rotatable bonds is 2. The molecule has 7 heteroatoms. The van der Waals surface area contributed by atoms with Crippen molar-refractivity contribution in [1.82, 2.24) is 9.97 Å². The molecule has 7 nitrogen and oxygen atoms in total. The third-order valence-corrected chi connectivity index (χ3v) is 2.13. The number of carboxylic acid groups (broad SMARTS) is 1. The molecule has 1 aromatic carbocycles. The smallest absolute Gasteiger partial charge is 0.449 e. The van der Waals surface area contributed by atoms with Crippen LogP contribution in [0.3, 0.4) is 0 Å². The van der Waals surface area contributed by atoms with Gasteiger partial charge in [-0.2, -0.15) is 5.26 Å². The third kappa shape index (κ3) is 2.10. The molecule has 0 aliphatic rings. The average Bonchev–Trinajstić information content (AvgIpc) is 2.60. The molecule has 86 valence electrons. The number of hydrogen-bond acceptors (Lipinski definition) is 5. The van der Waals surface area contributed by atoms with Crippen LogP contribution in [0.5, 0.6) is 5.75 Å². The highest BCUT2D eigenvalue weighted by atomic mass is 16.7. The largest absolute Gasteiger partial charge is 0.511 e. The van der Waals surface area contributed by atoms with E-state index in [0.717, 1.165) is 5.56 Å². The molecule has 0 aliphatic carbocycles. The zero-order chi connectivity index (χ0) is 12.4. The summed E-state index contributed by atoms with van der Waals surface area (Å²) in [7, 11) is 0. The maximum atomic E-state index is 10.4. The van der Waals surface area contributed by atoms with E-state index in [1.165, 1.54) is 6.07 Å². The number of benzene rings is 1. The van der Waals surface area contributed by atoms with Gasteiger partial charge in [0.1, 0.15) is 5.75 Å². The number of ether oxygens (including phenoxy) is 1. The second-order valence-corrected chi connectivity index (χ2v) is 3.33. The van der Waals surface area contributed by atoms with Crippen molar-refractivity contribution in [2.24, 2.45) is 0 Å². The number of carbonyl (C=O) groups is 1. The van der Waals surface area contributed by atoms with Crippen LogP contribution < -0.4 is 10.1 Å². The number of nitrogens with zero attached hydrogens (tertiary/aromatic N) is 2. The van der Waals surface area contributed by atoms with Crippen LogP contribution in [0, 0.1) is 18.4 Å². The molecular weight excluding hydrogens is 224 g/mol. The van der Waals surface area contributed by atoms with E-state index in [-0.39, 0.29) is 5.75 Å². The molecule has 3 N–H and O–H groups in total. The van der Waals surface area contributed by atoms with Gasteiger partial charge in [-0.05, 0) is 18.6 Å². The van der Waals surface area contributed by atoms with E-state index in [4.69, 9.17) is 10.4 Å². The molecule has 2 rings (SSSR count). The standard InChI is InChI=1S/C10H8N4O3/c1-5-2-6(17-10(15)16)3-7-8(5)14-9(13-7)12-4-11/h2-3H,1H3,(H,15,16)(H2,12,13,14). The van der Waals surface area contributed by atoms with Gasteiger partial charge in [-0.25, -0.2) is 9.78 Å². The van der Waals surface area contributed by atoms with Gasteiger partial charge in [-0.15, -0.1) is 0 Å². The van der Waals surface area contributed by atoms with Gasteiger partial charge in [0.15, 0.2) is 6.19 Å². The summed E-state index contributed by atoms with van der Waals surface area (Å²) >= 11 is 0. The summed E-state index contributed by atoms with van der Waals surface area (Å²) in [6, 6.07) is 3.07. The summed E-state index contributed by atoms with van der Waals surface area (Å²) in [4.78, 5) is 17.4. The highest BCUT2D eigenvalue weighted by molar-refractivity contribution is 5.83. The Morgan fingerprint density at radius 3 is 3.06 bits per heavy atom. The van der Waals surface area contributed by atoms with Crippen molar-refractivity contribution >= 4 is 23.1 Å². The first-order valence-corrected chi connectivity index (χ1v) is 4.66. The van der Waals surface area contributed by atoms with Crippen molar-refractivity contribution in [3.8, 4) is 11.9 Å². The van der Waals surface area contributed by atoms with Crippen molar-refractivity contribution in [2.45, 2.75) is 6.92 Å². The summed E-state index contributed by atoms with van der Waals surface area (Å²) in [5.74, 6) is 0.507. The molecule has 0 bridgehead atoms. The normalized spacial score (nSPS) is 9.88. The van der Waals surface area contributed by atoms with Gasteiger partial charge in [0, 0.05) is 6.07 Å². The van der Waals surface area contributed by atoms with E-state index in [1.807, 2.05) is 0 Å². The maximum Gasteiger partial charge on any atom is 0.511 e. The molecule has 0 amide bonds. The molecule has 1 heterocycles. The zero-order valence-corrected chi connectivity index (χ0v) is 8.81. The monoisotopic (exact) mass is 232 g/mol. The molecule has 2 aromatic rings. The number of nitrogens with one attached hydrogen (secondary N) is 2. The first kappa shape index (κ1) is 10.8. The molecular formula is C10H8N4O3. The van der Waals surface area contributed by atoms with Crippen molar-refractivity contribution in [3.05, 3.63) is 17.7 Å². The van der Waals surface area contributed by atoms with E-state index >= 15 is 0 Å². The van der Waals surface area contributed by atoms with E-state index in [1.54, 1.807) is 19.2 Å². The second-order valence-electron chi connectivity index (χ2n) is 3.33. The Balaban J connectivity index is 2.49. The minimum Gasteiger partial charge on any atom is -0.449 e. The summed E-state index contributed by atoms with van der Waals surface area (Å²) in [6.07, 6.45) is 0.366. The van der Waals surface area contributed by atoms with Crippen LogP contribution >= 0.6 is 0 Å². The molecule has 17 heavy (non-hydrogen) atoms. The Labute approximate surface area is 95.6 Å². The number of H-pyrrole nitrogens is 1. The number of nitriles is 1. The Kier molecular flexibility index (Phi) is 2.54. The van der Waals surface area contributed by atoms with Gasteiger partial charge >= 0.3 is 6.16 Å². The predicted molar refractivity (Wildman–Crippen MR) is 58.7 cm³/mol. The van der Waals surface area contributed by atoms with Crippen LogP contribution in [0.2, 0.25) is 0 Å². The number of imidazole rings is 1. The molecule has 0 unspecified atom stereocenters. The van der Waals surface area contributed by atoms with Crippen molar-refractivity contribution in [2.75, 3.05) is 5.32 Å². The fraction of sp³-hybridized carbons (Fsp3) is 0.100. The first-order valence-electron chi connectivity index (χ1n) is 4.66. The van der Waals surface area contributed by atoms with Crippen LogP contribution in [0.25, 0.3) is 11.0 Å². The Hall–Kier alpha value is -2.75. The summed E-state index contributed by atoms with van der Waals surface area (Å²) in [6.45, 7) is 1.77. The van der Waals surface area contributed by atoms with Gasteiger partial charge in [0.25, 0.3) is 0 Å². The lowest BCUT2D eigenvalue weighted by Gasteiger charge is -2.01. The van der Waals surface area contributed by atoms with E-state index in [9.17, 15) is 4.79 Å². The molecule has 0 atom stereocenters. The van der Waals surface area contributed by atoms with E-state index in [0.29, 0.717) is 17.0 Å². The molecule has 0 radical (unpaired) electrons. The third-order valence-electron chi connectivity index (χ3n) is 2.13. The van der Waals surface area contributed by atoms with Crippen LogP contribution in [0.1, 0.15) is 5.56 Å². The molecule has 0 fully saturated rings. The number of anilines is 1. The summed E-state index contributed by atoms with van der Waals surface area (Å²) < 4.78 is 4.56. The Bertz CT molecular complexity index is 626. The minimum atomic E-state index is -1.38. The quantitative estimate of drug-likeness (QED) is 0.315. The molecule has 0 spiro atoms. The lowest BCUT2D eigenvalue weighted by molar-refractivity contribution is 0.144. The first-order chi connectivity index (χ1) is 8.10. The van der Waals surface area contributed by atoms with E-state index in [2.05, 4.69) is 20.0 Å². The topological polar surface area (TPSA) is 111 Å². The summed E-state index contributed by atoms with van der Waals surface area (Å²) in [5.41, 5.74) is 2.00. The number of hydrogen-bond donors (Lipinski definition) is 3. The van der Waals surface area contributed by atoms with Crippen LogP contribution in [0.4, 0.5) is 10.7 Å². The zero-order valence-electron chi connectivity index (χ0n) is 8.81.